The van der Waals surface area contributed by atoms with Crippen LogP contribution >= 0.6 is 0 Å². The fraction of sp³-hybridized carbons (Fsp3) is 0.150. The predicted octanol–water partition coefficient (Wildman–Crippen LogP) is 4.34. The maximum atomic E-state index is 13.2. The van der Waals surface area contributed by atoms with Crippen molar-refractivity contribution < 1.29 is 22.8 Å². The lowest BCUT2D eigenvalue weighted by molar-refractivity contribution is -0.141. The first-order valence-electron chi connectivity index (χ1n) is 8.48. The number of aryl methyl sites for hydroxylation is 1. The number of halogens is 3. The molecule has 3 aromatic rings. The summed E-state index contributed by atoms with van der Waals surface area (Å²) in [5.41, 5.74) is 0.860. The molecule has 1 heterocycles. The molecule has 0 aliphatic rings. The molecule has 0 bridgehead atoms. The number of hydrogen-bond donors (Lipinski definition) is 1. The summed E-state index contributed by atoms with van der Waals surface area (Å²) in [5.74, 6) is -0.887. The van der Waals surface area contributed by atoms with E-state index in [0.29, 0.717) is 11.3 Å². The lowest BCUT2D eigenvalue weighted by Crippen LogP contribution is -2.18. The average molecular weight is 402 g/mol. The second-order valence-corrected chi connectivity index (χ2v) is 6.10. The molecule has 0 atom stereocenters. The van der Waals surface area contributed by atoms with Crippen LogP contribution in [0.25, 0.3) is 11.1 Å². The van der Waals surface area contributed by atoms with Crippen molar-refractivity contribution in [3.8, 4) is 11.1 Å². The van der Waals surface area contributed by atoms with Crippen LogP contribution in [-0.4, -0.2) is 29.0 Å². The van der Waals surface area contributed by atoms with E-state index in [1.807, 2.05) is 12.1 Å². The van der Waals surface area contributed by atoms with Gasteiger partial charge in [-0.05, 0) is 17.2 Å². The van der Waals surface area contributed by atoms with Crippen LogP contribution in [0.4, 0.5) is 18.9 Å². The molecule has 2 aromatic carbocycles. The zero-order chi connectivity index (χ0) is 21.0. The van der Waals surface area contributed by atoms with Gasteiger partial charge in [0, 0.05) is 24.5 Å². The van der Waals surface area contributed by atoms with E-state index in [1.54, 1.807) is 42.6 Å². The van der Waals surface area contributed by atoms with E-state index in [9.17, 15) is 18.0 Å². The van der Waals surface area contributed by atoms with E-state index in [1.165, 1.54) is 14.2 Å². The Balaban J connectivity index is 1.91. The van der Waals surface area contributed by atoms with Gasteiger partial charge in [-0.1, -0.05) is 47.6 Å². The van der Waals surface area contributed by atoms with Gasteiger partial charge in [0.25, 0.3) is 5.91 Å². The summed E-state index contributed by atoms with van der Waals surface area (Å²) in [4.78, 5) is 17.2. The Hall–Kier alpha value is -3.62. The van der Waals surface area contributed by atoms with E-state index in [2.05, 4.69) is 20.4 Å². The number of anilines is 1. The van der Waals surface area contributed by atoms with Gasteiger partial charge in [-0.25, -0.2) is 0 Å². The Morgan fingerprint density at radius 2 is 1.86 bits per heavy atom. The van der Waals surface area contributed by atoms with E-state index >= 15 is 0 Å². The number of para-hydroxylation sites is 1. The number of nitrogens with one attached hydrogen (secondary N) is 1. The van der Waals surface area contributed by atoms with Gasteiger partial charge in [-0.2, -0.15) is 18.3 Å². The fourth-order valence-corrected chi connectivity index (χ4v) is 2.76. The minimum absolute atomic E-state index is 0.382. The summed E-state index contributed by atoms with van der Waals surface area (Å²) in [6.07, 6.45) is -2.14. The Labute approximate surface area is 164 Å². The Kier molecular flexibility index (Phi) is 5.67. The summed E-state index contributed by atoms with van der Waals surface area (Å²) in [5, 5.41) is 9.61. The molecule has 0 radical (unpaired) electrons. The molecule has 1 aromatic heterocycles. The molecule has 6 nitrogen and oxygen atoms in total. The van der Waals surface area contributed by atoms with E-state index < -0.39 is 23.3 Å². The molecule has 0 aliphatic heterocycles. The minimum Gasteiger partial charge on any atom is -0.399 e. The molecule has 9 heteroatoms. The highest BCUT2D eigenvalue weighted by Gasteiger charge is 2.39. The average Bonchev–Trinajstić information content (AvgIpc) is 3.10. The van der Waals surface area contributed by atoms with Crippen molar-refractivity contribution >= 4 is 17.8 Å². The number of rotatable bonds is 5. The SMILES string of the molecule is CON=Cc1ccc(-c2ccccc2NC(=O)c2cn(C)nc2C(F)(F)F)cc1. The van der Waals surface area contributed by atoms with E-state index in [0.717, 1.165) is 22.0 Å². The first-order valence-corrected chi connectivity index (χ1v) is 8.48. The molecule has 0 fully saturated rings. The number of aromatic nitrogens is 2. The quantitative estimate of drug-likeness (QED) is 0.510. The van der Waals surface area contributed by atoms with Crippen molar-refractivity contribution in [3.63, 3.8) is 0 Å². The van der Waals surface area contributed by atoms with Crippen molar-refractivity contribution in [2.45, 2.75) is 6.18 Å². The number of hydrogen-bond acceptors (Lipinski definition) is 4. The third kappa shape index (κ3) is 4.63. The standard InChI is InChI=1S/C20H17F3N4O2/c1-27-12-16(18(26-27)20(21,22)23)19(28)25-17-6-4-3-5-15(17)14-9-7-13(8-10-14)11-24-29-2/h3-12H,1-2H3,(H,25,28). The topological polar surface area (TPSA) is 68.5 Å². The van der Waals surface area contributed by atoms with Crippen molar-refractivity contribution in [1.29, 1.82) is 0 Å². The Morgan fingerprint density at radius 3 is 2.52 bits per heavy atom. The molecule has 0 saturated heterocycles. The van der Waals surface area contributed by atoms with Crippen molar-refractivity contribution in [2.24, 2.45) is 12.2 Å². The van der Waals surface area contributed by atoms with Crippen LogP contribution in [-0.2, 0) is 18.1 Å². The number of carbonyl (C=O) groups is 1. The second-order valence-electron chi connectivity index (χ2n) is 6.10. The smallest absolute Gasteiger partial charge is 0.399 e. The molecule has 1 amide bonds. The number of amides is 1. The Bertz CT molecular complexity index is 1040. The minimum atomic E-state index is -4.73. The van der Waals surface area contributed by atoms with Gasteiger partial charge < -0.3 is 10.2 Å². The first-order chi connectivity index (χ1) is 13.8. The van der Waals surface area contributed by atoms with Gasteiger partial charge in [0.05, 0.1) is 11.8 Å². The maximum absolute atomic E-state index is 13.2. The molecule has 150 valence electrons. The van der Waals surface area contributed by atoms with Crippen molar-refractivity contribution in [2.75, 3.05) is 12.4 Å². The highest BCUT2D eigenvalue weighted by Crippen LogP contribution is 2.32. The summed E-state index contributed by atoms with van der Waals surface area (Å²) >= 11 is 0. The molecule has 3 rings (SSSR count). The first kappa shape index (κ1) is 20.1. The van der Waals surface area contributed by atoms with Crippen molar-refractivity contribution in [3.05, 3.63) is 71.5 Å². The van der Waals surface area contributed by atoms with Gasteiger partial charge in [0.15, 0.2) is 5.69 Å². The zero-order valence-corrected chi connectivity index (χ0v) is 15.6. The lowest BCUT2D eigenvalue weighted by Gasteiger charge is -2.12. The van der Waals surface area contributed by atoms with Crippen LogP contribution in [0.2, 0.25) is 0 Å². The molecule has 0 saturated carbocycles. The third-order valence-corrected chi connectivity index (χ3v) is 4.05. The van der Waals surface area contributed by atoms with Gasteiger partial charge in [-0.3, -0.25) is 9.48 Å². The summed E-state index contributed by atoms with van der Waals surface area (Å²) < 4.78 is 40.4. The van der Waals surface area contributed by atoms with Gasteiger partial charge in [-0.15, -0.1) is 0 Å². The Morgan fingerprint density at radius 1 is 1.17 bits per heavy atom. The fourth-order valence-electron chi connectivity index (χ4n) is 2.76. The number of carbonyl (C=O) groups excluding carboxylic acids is 1. The molecular formula is C20H17F3N4O2. The normalized spacial score (nSPS) is 11.6. The number of alkyl halides is 3. The van der Waals surface area contributed by atoms with Crippen LogP contribution in [0, 0.1) is 0 Å². The number of oxime groups is 1. The van der Waals surface area contributed by atoms with Crippen LogP contribution in [0.5, 0.6) is 0 Å². The summed E-state index contributed by atoms with van der Waals surface area (Å²) in [7, 11) is 2.77. The molecule has 0 aliphatic carbocycles. The number of benzene rings is 2. The van der Waals surface area contributed by atoms with Crippen LogP contribution in [0.1, 0.15) is 21.6 Å². The van der Waals surface area contributed by atoms with E-state index in [4.69, 9.17) is 0 Å². The molecule has 0 unspecified atom stereocenters. The molecule has 29 heavy (non-hydrogen) atoms. The van der Waals surface area contributed by atoms with Gasteiger partial charge >= 0.3 is 6.18 Å². The summed E-state index contributed by atoms with van der Waals surface area (Å²) in [6.45, 7) is 0. The highest BCUT2D eigenvalue weighted by molar-refractivity contribution is 6.07. The molecule has 0 spiro atoms. The second kappa shape index (κ2) is 8.17. The molecular weight excluding hydrogens is 385 g/mol. The van der Waals surface area contributed by atoms with Crippen LogP contribution < -0.4 is 5.32 Å². The van der Waals surface area contributed by atoms with Crippen LogP contribution in [0.15, 0.2) is 59.9 Å². The van der Waals surface area contributed by atoms with Gasteiger partial charge in [0.2, 0.25) is 0 Å². The summed E-state index contributed by atoms with van der Waals surface area (Å²) in [6, 6.07) is 14.1. The van der Waals surface area contributed by atoms with Gasteiger partial charge in [0.1, 0.15) is 7.11 Å². The zero-order valence-electron chi connectivity index (χ0n) is 15.6. The lowest BCUT2D eigenvalue weighted by atomic mass is 10.0. The molecule has 1 N–H and O–H groups in total. The van der Waals surface area contributed by atoms with Crippen LogP contribution in [0.3, 0.4) is 0 Å². The third-order valence-electron chi connectivity index (χ3n) is 4.05. The number of nitrogens with zero attached hydrogens (tertiary/aromatic N) is 3. The monoisotopic (exact) mass is 402 g/mol. The predicted molar refractivity (Wildman–Crippen MR) is 103 cm³/mol. The maximum Gasteiger partial charge on any atom is 0.435 e. The highest BCUT2D eigenvalue weighted by atomic mass is 19.4. The van der Waals surface area contributed by atoms with E-state index in [-0.39, 0.29) is 0 Å². The largest absolute Gasteiger partial charge is 0.435 e. The van der Waals surface area contributed by atoms with Crippen molar-refractivity contribution in [1.82, 2.24) is 9.78 Å².